The number of aliphatic imine (C=N–C) groups is 1. The van der Waals surface area contributed by atoms with Crippen molar-refractivity contribution in [2.75, 3.05) is 12.9 Å². The predicted molar refractivity (Wildman–Crippen MR) is 96.9 cm³/mol. The molecule has 120 valence electrons. The van der Waals surface area contributed by atoms with E-state index < -0.39 is 0 Å². The van der Waals surface area contributed by atoms with Gasteiger partial charge >= 0.3 is 0 Å². The summed E-state index contributed by atoms with van der Waals surface area (Å²) < 4.78 is 5.23. The number of nitrogens with zero attached hydrogens (tertiary/aromatic N) is 2. The lowest BCUT2D eigenvalue weighted by atomic mass is 10.0. The second kappa shape index (κ2) is 6.17. The first-order valence-electron chi connectivity index (χ1n) is 7.71. The largest absolute Gasteiger partial charge is 0.497 e. The topological polar surface area (TPSA) is 41.9 Å². The van der Waals surface area contributed by atoms with Crippen molar-refractivity contribution >= 4 is 28.5 Å². The van der Waals surface area contributed by atoms with Gasteiger partial charge in [-0.1, -0.05) is 54.2 Å². The van der Waals surface area contributed by atoms with Crippen LogP contribution in [0.4, 0.5) is 0 Å². The third-order valence-corrected chi connectivity index (χ3v) is 5.07. The summed E-state index contributed by atoms with van der Waals surface area (Å²) in [4.78, 5) is 18.8. The van der Waals surface area contributed by atoms with E-state index in [1.165, 1.54) is 11.8 Å². The Balaban J connectivity index is 1.78. The van der Waals surface area contributed by atoms with Crippen molar-refractivity contribution in [3.8, 4) is 5.75 Å². The molecule has 2 heterocycles. The fourth-order valence-corrected chi connectivity index (χ4v) is 3.82. The molecule has 0 radical (unpaired) electrons. The highest BCUT2D eigenvalue weighted by Gasteiger charge is 2.37. The van der Waals surface area contributed by atoms with Crippen LogP contribution in [0.2, 0.25) is 0 Å². The second-order valence-electron chi connectivity index (χ2n) is 5.58. The van der Waals surface area contributed by atoms with Crippen molar-refractivity contribution in [3.63, 3.8) is 0 Å². The minimum atomic E-state index is -0.138. The Kier molecular flexibility index (Phi) is 3.86. The molecule has 0 unspecified atom stereocenters. The number of carbonyl (C=O) groups excluding carboxylic acids is 1. The first-order chi connectivity index (χ1) is 11.8. The molecule has 0 bridgehead atoms. The zero-order valence-corrected chi connectivity index (χ0v) is 14.0. The standard InChI is InChI=1S/C19H16N2O2S/c1-23-15-9-7-14(8-10-15)17-11-16(13-5-3-2-4-6-13)20-19-21(17)18(22)12-24-19/h2-11,17H,12H2,1H3/t17-/m0/s1. The van der Waals surface area contributed by atoms with Crippen molar-refractivity contribution in [1.29, 1.82) is 0 Å². The van der Waals surface area contributed by atoms with E-state index in [0.29, 0.717) is 5.75 Å². The van der Waals surface area contributed by atoms with E-state index >= 15 is 0 Å². The Morgan fingerprint density at radius 1 is 1.12 bits per heavy atom. The van der Waals surface area contributed by atoms with Gasteiger partial charge in [0.2, 0.25) is 5.91 Å². The van der Waals surface area contributed by atoms with Gasteiger partial charge < -0.3 is 4.74 Å². The van der Waals surface area contributed by atoms with E-state index in [9.17, 15) is 4.79 Å². The van der Waals surface area contributed by atoms with Gasteiger partial charge in [-0.05, 0) is 29.3 Å². The van der Waals surface area contributed by atoms with Crippen LogP contribution in [0.15, 0.2) is 65.7 Å². The van der Waals surface area contributed by atoms with Gasteiger partial charge in [-0.3, -0.25) is 9.69 Å². The van der Waals surface area contributed by atoms with E-state index in [4.69, 9.17) is 9.73 Å². The van der Waals surface area contributed by atoms with E-state index in [0.717, 1.165) is 27.7 Å². The minimum Gasteiger partial charge on any atom is -0.497 e. The number of amides is 1. The monoisotopic (exact) mass is 336 g/mol. The molecule has 0 N–H and O–H groups in total. The third-order valence-electron chi connectivity index (χ3n) is 4.14. The van der Waals surface area contributed by atoms with Crippen LogP contribution in [-0.2, 0) is 4.79 Å². The maximum absolute atomic E-state index is 12.3. The molecule has 0 aromatic heterocycles. The van der Waals surface area contributed by atoms with Gasteiger partial charge in [-0.25, -0.2) is 4.99 Å². The average molecular weight is 336 g/mol. The minimum absolute atomic E-state index is 0.0999. The van der Waals surface area contributed by atoms with E-state index in [1.54, 1.807) is 12.0 Å². The molecule has 1 atom stereocenters. The zero-order chi connectivity index (χ0) is 16.5. The molecule has 1 fully saturated rings. The fourth-order valence-electron chi connectivity index (χ4n) is 2.91. The summed E-state index contributed by atoms with van der Waals surface area (Å²) in [5.74, 6) is 1.35. The van der Waals surface area contributed by atoms with Gasteiger partial charge in [0.1, 0.15) is 5.75 Å². The number of carbonyl (C=O) groups is 1. The Morgan fingerprint density at radius 3 is 2.58 bits per heavy atom. The number of methoxy groups -OCH3 is 1. The summed E-state index contributed by atoms with van der Waals surface area (Å²) in [7, 11) is 1.65. The van der Waals surface area contributed by atoms with E-state index in [1.807, 2.05) is 54.6 Å². The molecule has 2 aromatic carbocycles. The summed E-state index contributed by atoms with van der Waals surface area (Å²) >= 11 is 1.50. The summed E-state index contributed by atoms with van der Waals surface area (Å²) in [6.45, 7) is 0. The van der Waals surface area contributed by atoms with Gasteiger partial charge in [-0.15, -0.1) is 0 Å². The van der Waals surface area contributed by atoms with Crippen LogP contribution in [0.25, 0.3) is 5.70 Å². The SMILES string of the molecule is COc1ccc([C@@H]2C=C(c3ccccc3)N=C3SCC(=O)N32)cc1. The fraction of sp³-hybridized carbons (Fsp3) is 0.158. The molecule has 4 rings (SSSR count). The zero-order valence-electron chi connectivity index (χ0n) is 13.2. The highest BCUT2D eigenvalue weighted by atomic mass is 32.2. The van der Waals surface area contributed by atoms with Gasteiger partial charge in [-0.2, -0.15) is 0 Å². The number of hydrogen-bond donors (Lipinski definition) is 0. The number of amidine groups is 1. The Morgan fingerprint density at radius 2 is 1.88 bits per heavy atom. The lowest BCUT2D eigenvalue weighted by Crippen LogP contribution is -2.34. The number of rotatable bonds is 3. The lowest BCUT2D eigenvalue weighted by molar-refractivity contribution is -0.125. The van der Waals surface area contributed by atoms with Crippen LogP contribution in [0.1, 0.15) is 17.2 Å². The van der Waals surface area contributed by atoms with Crippen LogP contribution >= 0.6 is 11.8 Å². The highest BCUT2D eigenvalue weighted by molar-refractivity contribution is 8.15. The summed E-state index contributed by atoms with van der Waals surface area (Å²) in [6, 6.07) is 17.8. The van der Waals surface area contributed by atoms with Crippen molar-refractivity contribution in [3.05, 3.63) is 71.8 Å². The van der Waals surface area contributed by atoms with Crippen molar-refractivity contribution in [2.45, 2.75) is 6.04 Å². The van der Waals surface area contributed by atoms with Crippen LogP contribution in [0.3, 0.4) is 0 Å². The van der Waals surface area contributed by atoms with Crippen LogP contribution in [0, 0.1) is 0 Å². The molecule has 0 saturated carbocycles. The first kappa shape index (κ1) is 15.0. The Labute approximate surface area is 144 Å². The van der Waals surface area contributed by atoms with Gasteiger partial charge in [0.05, 0.1) is 24.6 Å². The van der Waals surface area contributed by atoms with Crippen molar-refractivity contribution in [2.24, 2.45) is 4.99 Å². The molecule has 2 aliphatic rings. The van der Waals surface area contributed by atoms with Crippen LogP contribution in [0.5, 0.6) is 5.75 Å². The van der Waals surface area contributed by atoms with E-state index in [-0.39, 0.29) is 11.9 Å². The molecule has 4 nitrogen and oxygen atoms in total. The Bertz CT molecular complexity index is 828. The molecule has 1 saturated heterocycles. The quantitative estimate of drug-likeness (QED) is 0.858. The normalized spacial score (nSPS) is 19.6. The summed E-state index contributed by atoms with van der Waals surface area (Å²) in [6.07, 6.45) is 2.06. The number of benzene rings is 2. The summed E-state index contributed by atoms with van der Waals surface area (Å²) in [5, 5.41) is 0.780. The predicted octanol–water partition coefficient (Wildman–Crippen LogP) is 3.72. The van der Waals surface area contributed by atoms with Gasteiger partial charge in [0.15, 0.2) is 5.17 Å². The molecule has 0 aliphatic carbocycles. The summed E-state index contributed by atoms with van der Waals surface area (Å²) in [5.41, 5.74) is 3.01. The smallest absolute Gasteiger partial charge is 0.239 e. The maximum atomic E-state index is 12.3. The average Bonchev–Trinajstić information content (AvgIpc) is 3.03. The number of hydrogen-bond acceptors (Lipinski definition) is 4. The first-order valence-corrected chi connectivity index (χ1v) is 8.69. The lowest BCUT2D eigenvalue weighted by Gasteiger charge is -2.29. The number of thioether (sulfide) groups is 1. The third kappa shape index (κ3) is 2.61. The van der Waals surface area contributed by atoms with Crippen molar-refractivity contribution < 1.29 is 9.53 Å². The molecular formula is C19H16N2O2S. The molecule has 0 spiro atoms. The van der Waals surface area contributed by atoms with Gasteiger partial charge in [0.25, 0.3) is 0 Å². The highest BCUT2D eigenvalue weighted by Crippen LogP contribution is 2.38. The molecule has 1 amide bonds. The van der Waals surface area contributed by atoms with Gasteiger partial charge in [0, 0.05) is 0 Å². The maximum Gasteiger partial charge on any atom is 0.239 e. The number of fused-ring (bicyclic) bond motifs is 1. The molecule has 5 heteroatoms. The van der Waals surface area contributed by atoms with Crippen LogP contribution in [-0.4, -0.2) is 28.8 Å². The molecular weight excluding hydrogens is 320 g/mol. The number of ether oxygens (including phenoxy) is 1. The van der Waals surface area contributed by atoms with E-state index in [2.05, 4.69) is 6.08 Å². The molecule has 2 aromatic rings. The second-order valence-corrected chi connectivity index (χ2v) is 6.53. The van der Waals surface area contributed by atoms with Crippen LogP contribution < -0.4 is 4.74 Å². The molecule has 2 aliphatic heterocycles. The van der Waals surface area contributed by atoms with Crippen molar-refractivity contribution in [1.82, 2.24) is 4.90 Å². The Hall–Kier alpha value is -2.53. The molecule has 24 heavy (non-hydrogen) atoms.